The fraction of sp³-hybridized carbons (Fsp3) is 0.250. The molecule has 6 N–H and O–H groups in total. The predicted octanol–water partition coefficient (Wildman–Crippen LogP) is 4.46. The number of alkyl halides is 6. The van der Waals surface area contributed by atoms with E-state index in [1.54, 1.807) is 6.92 Å². The lowest BCUT2D eigenvalue weighted by molar-refractivity contribution is -0.192. The number of benzene rings is 2. The van der Waals surface area contributed by atoms with Crippen LogP contribution in [0.5, 0.6) is 5.88 Å². The molecule has 12 nitrogen and oxygen atoms in total. The van der Waals surface area contributed by atoms with E-state index in [-0.39, 0.29) is 23.9 Å². The molecule has 1 aromatic heterocycles. The average molecular weight is 692 g/mol. The van der Waals surface area contributed by atoms with Gasteiger partial charge in [-0.15, -0.1) is 0 Å². The predicted molar refractivity (Wildman–Crippen MR) is 153 cm³/mol. The molecule has 2 aromatic carbocycles. The van der Waals surface area contributed by atoms with Gasteiger partial charge in [0.15, 0.2) is 0 Å². The molecule has 1 unspecified atom stereocenters. The van der Waals surface area contributed by atoms with Gasteiger partial charge in [0.25, 0.3) is 0 Å². The minimum absolute atomic E-state index is 0.0235. The average Bonchev–Trinajstić information content (AvgIpc) is 2.96. The summed E-state index contributed by atoms with van der Waals surface area (Å²) in [7, 11) is -4.61. The van der Waals surface area contributed by atoms with Crippen LogP contribution in [-0.2, 0) is 30.4 Å². The first kappa shape index (κ1) is 38.0. The number of ether oxygens (including phenoxy) is 1. The maximum atomic E-state index is 14.0. The van der Waals surface area contributed by atoms with E-state index in [9.17, 15) is 44.3 Å². The molecular weight excluding hydrogens is 664 g/mol. The Morgan fingerprint density at radius 2 is 1.60 bits per heavy atom. The van der Waals surface area contributed by atoms with Crippen molar-refractivity contribution < 1.29 is 59.0 Å². The number of halogens is 6. The summed E-state index contributed by atoms with van der Waals surface area (Å²) in [5, 5.41) is 19.4. The van der Waals surface area contributed by atoms with Crippen LogP contribution in [0.15, 0.2) is 70.6 Å². The highest BCUT2D eigenvalue weighted by Gasteiger charge is 2.39. The van der Waals surface area contributed by atoms with Gasteiger partial charge in [0.05, 0.1) is 28.0 Å². The van der Waals surface area contributed by atoms with Crippen LogP contribution in [0.3, 0.4) is 0 Å². The van der Waals surface area contributed by atoms with Crippen molar-refractivity contribution >= 4 is 39.1 Å². The third kappa shape index (κ3) is 11.0. The molecule has 3 rings (SSSR count). The van der Waals surface area contributed by atoms with E-state index < -0.39 is 67.8 Å². The van der Waals surface area contributed by atoms with Crippen LogP contribution in [0, 0.1) is 5.41 Å². The van der Waals surface area contributed by atoms with Gasteiger partial charge in [-0.05, 0) is 61.9 Å². The number of amides is 2. The third-order valence-corrected chi connectivity index (χ3v) is 7.64. The maximum Gasteiger partial charge on any atom is 0.490 e. The molecule has 0 aliphatic heterocycles. The Morgan fingerprint density at radius 3 is 2.11 bits per heavy atom. The van der Waals surface area contributed by atoms with Gasteiger partial charge in [0.2, 0.25) is 27.5 Å². The molecule has 1 atom stereocenters. The number of amidine groups is 1. The molecule has 3 aromatic rings. The van der Waals surface area contributed by atoms with Crippen LogP contribution in [0.25, 0.3) is 0 Å². The Bertz CT molecular complexity index is 1730. The first-order valence-electron chi connectivity index (χ1n) is 13.1. The number of hydrogen-bond acceptors (Lipinski definition) is 8. The van der Waals surface area contributed by atoms with Crippen molar-refractivity contribution in [2.24, 2.45) is 5.73 Å². The van der Waals surface area contributed by atoms with Crippen LogP contribution in [-0.4, -0.2) is 54.9 Å². The summed E-state index contributed by atoms with van der Waals surface area (Å²) in [4.78, 5) is 36.0. The Morgan fingerprint density at radius 1 is 1.00 bits per heavy atom. The molecule has 0 aliphatic carbocycles. The number of pyridine rings is 1. The summed E-state index contributed by atoms with van der Waals surface area (Å²) in [6, 6.07) is 9.76. The fourth-order valence-electron chi connectivity index (χ4n) is 3.64. The number of carboxylic acid groups (broad SMARTS) is 1. The molecule has 0 saturated heterocycles. The highest BCUT2D eigenvalue weighted by atomic mass is 32.2. The molecular formula is C28H27F6N5O7S. The number of carbonyl (C=O) groups is 3. The lowest BCUT2D eigenvalue weighted by Crippen LogP contribution is -2.30. The second-order valence-electron chi connectivity index (χ2n) is 9.33. The topological polar surface area (TPSA) is 202 Å². The van der Waals surface area contributed by atoms with Crippen LogP contribution in [0.2, 0.25) is 0 Å². The summed E-state index contributed by atoms with van der Waals surface area (Å²) in [5.41, 5.74) is 4.73. The number of sulfone groups is 1. The van der Waals surface area contributed by atoms with Crippen LogP contribution in [0.1, 0.15) is 43.0 Å². The highest BCUT2D eigenvalue weighted by molar-refractivity contribution is 7.91. The maximum absolute atomic E-state index is 14.0. The van der Waals surface area contributed by atoms with Gasteiger partial charge in [0, 0.05) is 23.5 Å². The largest absolute Gasteiger partial charge is 0.490 e. The normalized spacial score (nSPS) is 12.2. The van der Waals surface area contributed by atoms with Crippen molar-refractivity contribution in [3.05, 3.63) is 77.5 Å². The number of anilines is 1. The fourth-order valence-corrected chi connectivity index (χ4v) is 5.11. The van der Waals surface area contributed by atoms with E-state index in [1.807, 2.05) is 0 Å². The molecule has 0 fully saturated rings. The first-order valence-corrected chi connectivity index (χ1v) is 14.5. The van der Waals surface area contributed by atoms with Crippen molar-refractivity contribution in [3.63, 3.8) is 0 Å². The molecule has 0 aliphatic rings. The van der Waals surface area contributed by atoms with Crippen molar-refractivity contribution in [1.29, 1.82) is 5.41 Å². The molecule has 0 bridgehead atoms. The van der Waals surface area contributed by atoms with Gasteiger partial charge in [-0.3, -0.25) is 15.0 Å². The number of nitrogens with one attached hydrogen (secondary N) is 3. The monoisotopic (exact) mass is 691 g/mol. The number of nitrogen functional groups attached to an aromatic ring is 1. The zero-order valence-electron chi connectivity index (χ0n) is 24.4. The van der Waals surface area contributed by atoms with Gasteiger partial charge in [-0.25, -0.2) is 18.2 Å². The summed E-state index contributed by atoms with van der Waals surface area (Å²) >= 11 is 0. The summed E-state index contributed by atoms with van der Waals surface area (Å²) in [5.74, 6) is -4.41. The second kappa shape index (κ2) is 15.4. The molecule has 0 saturated carbocycles. The van der Waals surface area contributed by atoms with Crippen LogP contribution < -0.4 is 21.1 Å². The summed E-state index contributed by atoms with van der Waals surface area (Å²) in [6.07, 6.45) is -9.62. The van der Waals surface area contributed by atoms with Crippen LogP contribution in [0.4, 0.5) is 32.0 Å². The van der Waals surface area contributed by atoms with Crippen molar-refractivity contribution in [3.8, 4) is 5.88 Å². The SMILES string of the molecule is CCOc1cc(S(=O)(=O)c2ccc(C(C)NC(=O)CC(=O)Nc3ccc(C(=N)N)cc3)cc2C(F)(F)F)ccn1.O=C(O)C(F)(F)F. The second-order valence-corrected chi connectivity index (χ2v) is 11.2. The quantitative estimate of drug-likeness (QED) is 0.0881. The lowest BCUT2D eigenvalue weighted by Gasteiger charge is -2.19. The van der Waals surface area contributed by atoms with Crippen molar-refractivity contribution in [2.75, 3.05) is 11.9 Å². The minimum Gasteiger partial charge on any atom is -0.478 e. The molecule has 47 heavy (non-hydrogen) atoms. The zero-order valence-corrected chi connectivity index (χ0v) is 25.2. The summed E-state index contributed by atoms with van der Waals surface area (Å²) < 4.78 is 105. The van der Waals surface area contributed by atoms with Crippen LogP contribution >= 0.6 is 0 Å². The number of carboxylic acids is 1. The molecule has 19 heteroatoms. The van der Waals surface area contributed by atoms with E-state index in [2.05, 4.69) is 15.6 Å². The van der Waals surface area contributed by atoms with Gasteiger partial charge < -0.3 is 26.2 Å². The van der Waals surface area contributed by atoms with E-state index >= 15 is 0 Å². The zero-order chi connectivity index (χ0) is 35.7. The van der Waals surface area contributed by atoms with E-state index in [1.165, 1.54) is 31.2 Å². The van der Waals surface area contributed by atoms with E-state index in [0.717, 1.165) is 30.5 Å². The molecule has 254 valence electrons. The molecule has 0 spiro atoms. The third-order valence-electron chi connectivity index (χ3n) is 5.83. The Kier molecular flexibility index (Phi) is 12.4. The number of aromatic nitrogens is 1. The number of rotatable bonds is 10. The van der Waals surface area contributed by atoms with Crippen molar-refractivity contribution in [2.45, 2.75) is 48.5 Å². The molecule has 2 amide bonds. The van der Waals surface area contributed by atoms with Gasteiger partial charge in [-0.2, -0.15) is 26.3 Å². The molecule has 1 heterocycles. The Hall–Kier alpha value is -5.20. The van der Waals surface area contributed by atoms with E-state index in [4.69, 9.17) is 25.8 Å². The lowest BCUT2D eigenvalue weighted by atomic mass is 10.0. The van der Waals surface area contributed by atoms with Crippen molar-refractivity contribution in [1.82, 2.24) is 10.3 Å². The Labute approximate surface area is 263 Å². The smallest absolute Gasteiger partial charge is 0.478 e. The number of nitrogens with zero attached hydrogens (tertiary/aromatic N) is 1. The van der Waals surface area contributed by atoms with Gasteiger partial charge in [0.1, 0.15) is 12.3 Å². The number of nitrogens with two attached hydrogens (primary N) is 1. The molecule has 0 radical (unpaired) electrons. The highest BCUT2D eigenvalue weighted by Crippen LogP contribution is 2.38. The number of hydrogen-bond donors (Lipinski definition) is 5. The number of carbonyl (C=O) groups excluding carboxylic acids is 2. The van der Waals surface area contributed by atoms with Gasteiger partial charge in [-0.1, -0.05) is 6.07 Å². The number of aliphatic carboxylic acids is 1. The van der Waals surface area contributed by atoms with Gasteiger partial charge >= 0.3 is 18.3 Å². The first-order chi connectivity index (χ1) is 21.7. The minimum atomic E-state index is -5.08. The summed E-state index contributed by atoms with van der Waals surface area (Å²) in [6.45, 7) is 3.22. The van der Waals surface area contributed by atoms with E-state index in [0.29, 0.717) is 17.3 Å². The Balaban J connectivity index is 0.000000984. The standard InChI is InChI=1S/C26H26F3N5O5S.C2HF3O2/c1-3-39-24-13-19(10-11-32-24)40(37,38)21-9-6-17(12-20(21)26(27,28)29)15(2)33-22(35)14-23(36)34-18-7-4-16(5-8-18)25(30)31;3-2(4,5)1(6)7/h4-13,15H,3,14H2,1-2H3,(H3,30,31)(H,33,35)(H,34,36);(H,6,7).